The molecule has 0 aromatic heterocycles. The van der Waals surface area contributed by atoms with E-state index in [4.69, 9.17) is 9.47 Å². The summed E-state index contributed by atoms with van der Waals surface area (Å²) >= 11 is 0. The van der Waals surface area contributed by atoms with Crippen LogP contribution in [0, 0.1) is 5.92 Å². The fourth-order valence-electron chi connectivity index (χ4n) is 2.76. The number of methoxy groups -OCH3 is 2. The minimum Gasteiger partial charge on any atom is -0.497 e. The summed E-state index contributed by atoms with van der Waals surface area (Å²) in [5.74, 6) is 2.11. The number of benzene rings is 2. The summed E-state index contributed by atoms with van der Waals surface area (Å²) in [6, 6.07) is 15.5. The molecule has 1 amide bonds. The van der Waals surface area contributed by atoms with Crippen LogP contribution in [0.25, 0.3) is 0 Å². The van der Waals surface area contributed by atoms with Crippen LogP contribution >= 0.6 is 0 Å². The van der Waals surface area contributed by atoms with Gasteiger partial charge in [0.05, 0.1) is 26.7 Å². The Morgan fingerprint density at radius 3 is 1.92 bits per heavy atom. The first-order chi connectivity index (χ1) is 12.0. The zero-order valence-corrected chi connectivity index (χ0v) is 15.4. The van der Waals surface area contributed by atoms with E-state index in [0.29, 0.717) is 12.3 Å². The van der Waals surface area contributed by atoms with E-state index in [1.165, 1.54) is 0 Å². The highest BCUT2D eigenvalue weighted by Crippen LogP contribution is 2.24. The predicted octanol–water partition coefficient (Wildman–Crippen LogP) is 4.15. The molecular weight excluding hydrogens is 314 g/mol. The average molecular weight is 341 g/mol. The molecule has 2 aromatic rings. The number of ether oxygens (including phenoxy) is 2. The van der Waals surface area contributed by atoms with E-state index in [2.05, 4.69) is 19.2 Å². The second kappa shape index (κ2) is 9.11. The molecule has 0 radical (unpaired) electrons. The molecule has 1 atom stereocenters. The van der Waals surface area contributed by atoms with E-state index in [-0.39, 0.29) is 11.9 Å². The number of amides is 1. The molecule has 0 saturated heterocycles. The lowest BCUT2D eigenvalue weighted by molar-refractivity contribution is -0.121. The molecule has 4 nitrogen and oxygen atoms in total. The van der Waals surface area contributed by atoms with Crippen molar-refractivity contribution in [2.24, 2.45) is 5.92 Å². The van der Waals surface area contributed by atoms with E-state index in [1.54, 1.807) is 14.2 Å². The maximum atomic E-state index is 12.5. The lowest BCUT2D eigenvalue weighted by atomic mass is 9.96. The standard InChI is InChI=1S/C21H27NO3/c1-15(2)13-20(17-7-11-19(25-4)12-8-17)22-21(23)14-16-5-9-18(24-3)10-6-16/h5-12,15,20H,13-14H2,1-4H3,(H,22,23)/t20-/m1/s1. The Labute approximate surface area is 150 Å². The minimum atomic E-state index is -0.00310. The van der Waals surface area contributed by atoms with Crippen molar-refractivity contribution >= 4 is 5.91 Å². The highest BCUT2D eigenvalue weighted by atomic mass is 16.5. The zero-order chi connectivity index (χ0) is 18.2. The Morgan fingerprint density at radius 1 is 0.920 bits per heavy atom. The first-order valence-corrected chi connectivity index (χ1v) is 8.58. The average Bonchev–Trinajstić information content (AvgIpc) is 2.61. The molecule has 2 aromatic carbocycles. The molecule has 0 aliphatic carbocycles. The normalized spacial score (nSPS) is 11.9. The Bertz CT molecular complexity index is 663. The summed E-state index contributed by atoms with van der Waals surface area (Å²) < 4.78 is 10.4. The van der Waals surface area contributed by atoms with E-state index in [0.717, 1.165) is 29.0 Å². The first-order valence-electron chi connectivity index (χ1n) is 8.58. The maximum Gasteiger partial charge on any atom is 0.224 e. The van der Waals surface area contributed by atoms with Crippen molar-refractivity contribution in [1.29, 1.82) is 0 Å². The topological polar surface area (TPSA) is 47.6 Å². The van der Waals surface area contributed by atoms with Crippen molar-refractivity contribution in [3.05, 3.63) is 59.7 Å². The van der Waals surface area contributed by atoms with Gasteiger partial charge >= 0.3 is 0 Å². The van der Waals surface area contributed by atoms with E-state index < -0.39 is 0 Å². The smallest absolute Gasteiger partial charge is 0.224 e. The largest absolute Gasteiger partial charge is 0.497 e. The molecule has 0 aliphatic rings. The van der Waals surface area contributed by atoms with E-state index in [1.807, 2.05) is 48.5 Å². The molecule has 4 heteroatoms. The highest BCUT2D eigenvalue weighted by molar-refractivity contribution is 5.79. The van der Waals surface area contributed by atoms with Crippen LogP contribution in [-0.2, 0) is 11.2 Å². The van der Waals surface area contributed by atoms with Crippen molar-refractivity contribution < 1.29 is 14.3 Å². The molecular formula is C21H27NO3. The monoisotopic (exact) mass is 341 g/mol. The first kappa shape index (κ1) is 18.8. The molecule has 0 bridgehead atoms. The molecule has 0 unspecified atom stereocenters. The molecule has 25 heavy (non-hydrogen) atoms. The van der Waals surface area contributed by atoms with Crippen molar-refractivity contribution in [3.63, 3.8) is 0 Å². The van der Waals surface area contributed by atoms with Gasteiger partial charge in [-0.3, -0.25) is 4.79 Å². The SMILES string of the molecule is COc1ccc(CC(=O)N[C@H](CC(C)C)c2ccc(OC)cc2)cc1. The van der Waals surface area contributed by atoms with Gasteiger partial charge in [0.15, 0.2) is 0 Å². The number of rotatable bonds is 8. The lowest BCUT2D eigenvalue weighted by Gasteiger charge is -2.21. The van der Waals surface area contributed by atoms with Crippen molar-refractivity contribution in [1.82, 2.24) is 5.32 Å². The van der Waals surface area contributed by atoms with Gasteiger partial charge in [0.2, 0.25) is 5.91 Å². The number of carbonyl (C=O) groups is 1. The number of carbonyl (C=O) groups excluding carboxylic acids is 1. The summed E-state index contributed by atoms with van der Waals surface area (Å²) in [6.45, 7) is 4.32. The highest BCUT2D eigenvalue weighted by Gasteiger charge is 2.16. The second-order valence-electron chi connectivity index (χ2n) is 6.55. The van der Waals surface area contributed by atoms with Crippen molar-refractivity contribution in [3.8, 4) is 11.5 Å². The molecule has 2 rings (SSSR count). The summed E-state index contributed by atoms with van der Waals surface area (Å²) in [6.07, 6.45) is 1.25. The van der Waals surface area contributed by atoms with E-state index in [9.17, 15) is 4.79 Å². The molecule has 1 N–H and O–H groups in total. The Kier molecular flexibility index (Phi) is 6.87. The van der Waals surface area contributed by atoms with Crippen LogP contribution in [0.2, 0.25) is 0 Å². The quantitative estimate of drug-likeness (QED) is 0.784. The van der Waals surface area contributed by atoms with Gasteiger partial charge in [0.1, 0.15) is 11.5 Å². The van der Waals surface area contributed by atoms with Gasteiger partial charge in [0.25, 0.3) is 0 Å². The number of hydrogen-bond donors (Lipinski definition) is 1. The second-order valence-corrected chi connectivity index (χ2v) is 6.55. The van der Waals surface area contributed by atoms with Gasteiger partial charge in [-0.15, -0.1) is 0 Å². The lowest BCUT2D eigenvalue weighted by Crippen LogP contribution is -2.30. The van der Waals surface area contributed by atoms with Crippen LogP contribution in [0.5, 0.6) is 11.5 Å². The third kappa shape index (κ3) is 5.82. The van der Waals surface area contributed by atoms with Gasteiger partial charge in [-0.2, -0.15) is 0 Å². The maximum absolute atomic E-state index is 12.5. The van der Waals surface area contributed by atoms with Crippen LogP contribution in [-0.4, -0.2) is 20.1 Å². The molecule has 0 fully saturated rings. The molecule has 134 valence electrons. The Hall–Kier alpha value is -2.49. The summed E-state index contributed by atoms with van der Waals surface area (Å²) in [5, 5.41) is 3.17. The fraction of sp³-hybridized carbons (Fsp3) is 0.381. The molecule has 0 spiro atoms. The van der Waals surface area contributed by atoms with Crippen LogP contribution in [0.4, 0.5) is 0 Å². The van der Waals surface area contributed by atoms with E-state index >= 15 is 0 Å². The minimum absolute atomic E-state index is 0.00310. The number of nitrogens with one attached hydrogen (secondary N) is 1. The molecule has 0 saturated carbocycles. The zero-order valence-electron chi connectivity index (χ0n) is 15.4. The van der Waals surface area contributed by atoms with Crippen LogP contribution in [0.3, 0.4) is 0 Å². The summed E-state index contributed by atoms with van der Waals surface area (Å²) in [4.78, 5) is 12.5. The van der Waals surface area contributed by atoms with Gasteiger partial charge in [-0.05, 0) is 47.7 Å². The van der Waals surface area contributed by atoms with Gasteiger partial charge in [0, 0.05) is 0 Å². The summed E-state index contributed by atoms with van der Waals surface area (Å²) in [7, 11) is 3.28. The van der Waals surface area contributed by atoms with Gasteiger partial charge < -0.3 is 14.8 Å². The summed E-state index contributed by atoms with van der Waals surface area (Å²) in [5.41, 5.74) is 2.06. The van der Waals surface area contributed by atoms with Crippen molar-refractivity contribution in [2.45, 2.75) is 32.7 Å². The van der Waals surface area contributed by atoms with Crippen LogP contribution < -0.4 is 14.8 Å². The third-order valence-electron chi connectivity index (χ3n) is 4.08. The van der Waals surface area contributed by atoms with Crippen LogP contribution in [0.15, 0.2) is 48.5 Å². The Morgan fingerprint density at radius 2 is 1.44 bits per heavy atom. The van der Waals surface area contributed by atoms with Gasteiger partial charge in [-0.25, -0.2) is 0 Å². The molecule has 0 aliphatic heterocycles. The molecule has 0 heterocycles. The fourth-order valence-corrected chi connectivity index (χ4v) is 2.76. The number of hydrogen-bond acceptors (Lipinski definition) is 3. The Balaban J connectivity index is 2.05. The van der Waals surface area contributed by atoms with Crippen LogP contribution in [0.1, 0.15) is 37.4 Å². The van der Waals surface area contributed by atoms with Crippen molar-refractivity contribution in [2.75, 3.05) is 14.2 Å². The third-order valence-corrected chi connectivity index (χ3v) is 4.08. The van der Waals surface area contributed by atoms with Gasteiger partial charge in [-0.1, -0.05) is 38.1 Å². The predicted molar refractivity (Wildman–Crippen MR) is 100 cm³/mol.